The Morgan fingerprint density at radius 2 is 1.70 bits per heavy atom. The molecule has 1 unspecified atom stereocenters. The lowest BCUT2D eigenvalue weighted by Crippen LogP contribution is -2.38. The van der Waals surface area contributed by atoms with E-state index in [0.29, 0.717) is 6.54 Å². The Kier molecular flexibility index (Phi) is 9.04. The van der Waals surface area contributed by atoms with Crippen LogP contribution in [0.5, 0.6) is 0 Å². The number of halogens is 2. The van der Waals surface area contributed by atoms with Crippen LogP contribution in [0, 0.1) is 5.92 Å². The van der Waals surface area contributed by atoms with Gasteiger partial charge in [0.15, 0.2) is 14.1 Å². The summed E-state index contributed by atoms with van der Waals surface area (Å²) >= 11 is 0. The Morgan fingerprint density at radius 1 is 1.05 bits per heavy atom. The number of ether oxygens (including phenoxy) is 2. The fraction of sp³-hybridized carbons (Fsp3) is 0.367. The van der Waals surface area contributed by atoms with E-state index in [1.807, 2.05) is 56.0 Å². The molecule has 1 fully saturated rings. The first kappa shape index (κ1) is 31.2. The van der Waals surface area contributed by atoms with Gasteiger partial charge in [0, 0.05) is 6.20 Å². The van der Waals surface area contributed by atoms with Gasteiger partial charge in [-0.15, -0.1) is 5.10 Å². The Balaban J connectivity index is 1.47. The number of anilines is 1. The maximum atomic E-state index is 15.6. The van der Waals surface area contributed by atoms with Crippen LogP contribution >= 0.6 is 0 Å². The molecule has 1 N–H and O–H groups in total. The summed E-state index contributed by atoms with van der Waals surface area (Å²) in [4.78, 5) is 29.9. The molecule has 0 radical (unpaired) electrons. The molecule has 5 rings (SSSR count). The molecule has 0 saturated carbocycles. The second-order valence-corrected chi connectivity index (χ2v) is 16.1. The van der Waals surface area contributed by atoms with Gasteiger partial charge in [-0.3, -0.25) is 9.88 Å². The number of aromatic nitrogens is 5. The zero-order chi connectivity index (χ0) is 31.5. The molecule has 1 aliphatic heterocycles. The molecular weight excluding hydrogens is 590 g/mol. The van der Waals surface area contributed by atoms with E-state index in [4.69, 9.17) is 13.9 Å². The minimum absolute atomic E-state index is 0.0290. The second-order valence-electron chi connectivity index (χ2n) is 11.6. The maximum absolute atomic E-state index is 15.6. The van der Waals surface area contributed by atoms with Crippen molar-refractivity contribution in [3.63, 3.8) is 0 Å². The lowest BCUT2D eigenvalue weighted by Gasteiger charge is -2.23. The first-order valence-electron chi connectivity index (χ1n) is 14.1. The monoisotopic (exact) mass is 624 g/mol. The molecule has 11 nitrogen and oxygen atoms in total. The Morgan fingerprint density at radius 3 is 2.36 bits per heavy atom. The summed E-state index contributed by atoms with van der Waals surface area (Å²) in [5.41, 5.74) is 0.919. The third-order valence-corrected chi connectivity index (χ3v) is 8.15. The first-order valence-corrected chi connectivity index (χ1v) is 17.5. The fourth-order valence-electron chi connectivity index (χ4n) is 4.66. The fourth-order valence-corrected chi connectivity index (χ4v) is 5.32. The number of amides is 1. The minimum Gasteiger partial charge on any atom is -0.444 e. The van der Waals surface area contributed by atoms with E-state index in [-0.39, 0.29) is 30.3 Å². The van der Waals surface area contributed by atoms with Gasteiger partial charge in [0.2, 0.25) is 6.23 Å². The van der Waals surface area contributed by atoms with Crippen molar-refractivity contribution in [2.24, 2.45) is 5.92 Å². The van der Waals surface area contributed by atoms with Crippen LogP contribution in [0.15, 0.2) is 77.9 Å². The predicted octanol–water partition coefficient (Wildman–Crippen LogP) is 5.32. The Hall–Kier alpha value is -4.27. The van der Waals surface area contributed by atoms with Crippen molar-refractivity contribution in [2.45, 2.75) is 58.0 Å². The van der Waals surface area contributed by atoms with Gasteiger partial charge in [0.25, 0.3) is 5.92 Å². The van der Waals surface area contributed by atoms with Crippen LogP contribution in [-0.2, 0) is 27.1 Å². The quantitative estimate of drug-likeness (QED) is 0.235. The number of benzene rings is 2. The second kappa shape index (κ2) is 12.8. The molecule has 1 aliphatic rings. The van der Waals surface area contributed by atoms with E-state index in [1.54, 1.807) is 35.1 Å². The van der Waals surface area contributed by atoms with Crippen molar-refractivity contribution >= 4 is 20.2 Å². The predicted molar refractivity (Wildman–Crippen MR) is 161 cm³/mol. The molecular formula is C30H34F2N6O5Si. The SMILES string of the molecule is CC1[C@@H](CO[Si](C)(C)C)O[C@@H](n2cc(-c3cn(Cc4ccccc4)nn3)c(NC(=O)OCc3ccccc3)nc2=O)C1(F)F. The number of alkyl halides is 2. The molecule has 44 heavy (non-hydrogen) atoms. The number of carbonyl (C=O) groups is 1. The summed E-state index contributed by atoms with van der Waals surface area (Å²) in [7, 11) is -2.02. The number of hydrogen-bond acceptors (Lipinski definition) is 8. The molecule has 1 amide bonds. The number of carbonyl (C=O) groups excluding carboxylic acids is 1. The van der Waals surface area contributed by atoms with Crippen molar-refractivity contribution in [3.8, 4) is 11.3 Å². The van der Waals surface area contributed by atoms with Crippen LogP contribution in [-0.4, -0.2) is 57.6 Å². The van der Waals surface area contributed by atoms with E-state index in [0.717, 1.165) is 21.9 Å². The molecule has 0 aliphatic carbocycles. The first-order chi connectivity index (χ1) is 20.9. The Bertz CT molecular complexity index is 1650. The highest BCUT2D eigenvalue weighted by Crippen LogP contribution is 2.46. The number of nitrogens with one attached hydrogen (secondary N) is 1. The largest absolute Gasteiger partial charge is 0.444 e. The summed E-state index contributed by atoms with van der Waals surface area (Å²) in [5, 5.41) is 10.8. The van der Waals surface area contributed by atoms with E-state index < -0.39 is 44.3 Å². The van der Waals surface area contributed by atoms with Gasteiger partial charge >= 0.3 is 11.8 Å². The molecule has 0 spiro atoms. The third kappa shape index (κ3) is 7.26. The molecule has 2 aromatic carbocycles. The number of nitrogens with zero attached hydrogens (tertiary/aromatic N) is 5. The van der Waals surface area contributed by atoms with Gasteiger partial charge in [0.1, 0.15) is 12.3 Å². The minimum atomic E-state index is -3.43. The number of hydrogen-bond donors (Lipinski definition) is 1. The van der Waals surface area contributed by atoms with Crippen molar-refractivity contribution < 1.29 is 27.5 Å². The van der Waals surface area contributed by atoms with Crippen LogP contribution in [0.2, 0.25) is 19.6 Å². The van der Waals surface area contributed by atoms with Crippen molar-refractivity contribution in [1.82, 2.24) is 24.5 Å². The van der Waals surface area contributed by atoms with Crippen LogP contribution in [0.25, 0.3) is 11.3 Å². The summed E-state index contributed by atoms with van der Waals surface area (Å²) in [5.74, 6) is -4.88. The highest BCUT2D eigenvalue weighted by atomic mass is 28.4. The summed E-state index contributed by atoms with van der Waals surface area (Å²) < 4.78 is 50.4. The van der Waals surface area contributed by atoms with E-state index in [9.17, 15) is 9.59 Å². The van der Waals surface area contributed by atoms with Crippen molar-refractivity contribution in [1.29, 1.82) is 0 Å². The van der Waals surface area contributed by atoms with Crippen molar-refractivity contribution in [2.75, 3.05) is 11.9 Å². The molecule has 4 aromatic rings. The number of rotatable bonds is 10. The average molecular weight is 625 g/mol. The lowest BCUT2D eigenvalue weighted by molar-refractivity contribution is -0.126. The van der Waals surface area contributed by atoms with E-state index >= 15 is 8.78 Å². The zero-order valence-electron chi connectivity index (χ0n) is 24.8. The molecule has 3 heterocycles. The summed E-state index contributed by atoms with van der Waals surface area (Å²) in [6.45, 7) is 7.53. The topological polar surface area (TPSA) is 122 Å². The van der Waals surface area contributed by atoms with Gasteiger partial charge in [-0.05, 0) is 30.8 Å². The molecule has 0 bridgehead atoms. The average Bonchev–Trinajstić information content (AvgIpc) is 3.53. The van der Waals surface area contributed by atoms with Gasteiger partial charge < -0.3 is 13.9 Å². The standard InChI is InChI=1S/C30H34F2N6O5Si/c1-20-25(19-42-44(2,3)4)43-27(30(20,31)32)38-16-23(24-17-37(36-35-24)15-21-11-7-5-8-12-21)26(33-28(38)39)34-29(40)41-18-22-13-9-6-10-14-22/h5-14,16-17,20,25,27H,15,18-19H2,1-4H3,(H,33,34,39,40)/t20?,25-,27-/m1/s1. The smallest absolute Gasteiger partial charge is 0.413 e. The highest BCUT2D eigenvalue weighted by Gasteiger charge is 2.58. The van der Waals surface area contributed by atoms with Gasteiger partial charge in [-0.2, -0.15) is 4.98 Å². The molecule has 1 saturated heterocycles. The van der Waals surface area contributed by atoms with Crippen LogP contribution < -0.4 is 11.0 Å². The highest BCUT2D eigenvalue weighted by molar-refractivity contribution is 6.69. The van der Waals surface area contributed by atoms with E-state index in [1.165, 1.54) is 6.92 Å². The molecule has 14 heteroatoms. The molecule has 3 atom stereocenters. The van der Waals surface area contributed by atoms with Crippen LogP contribution in [0.1, 0.15) is 24.3 Å². The zero-order valence-corrected chi connectivity index (χ0v) is 25.8. The summed E-state index contributed by atoms with van der Waals surface area (Å²) in [6.07, 6.45) is -1.07. The van der Waals surface area contributed by atoms with Gasteiger partial charge in [0.05, 0.1) is 36.9 Å². The summed E-state index contributed by atoms with van der Waals surface area (Å²) in [6, 6.07) is 18.5. The molecule has 2 aromatic heterocycles. The van der Waals surface area contributed by atoms with Crippen LogP contribution in [0.4, 0.5) is 19.4 Å². The third-order valence-electron chi connectivity index (χ3n) is 7.12. The van der Waals surface area contributed by atoms with Gasteiger partial charge in [-0.1, -0.05) is 72.8 Å². The van der Waals surface area contributed by atoms with Crippen LogP contribution in [0.3, 0.4) is 0 Å². The normalized spacial score (nSPS) is 19.5. The van der Waals surface area contributed by atoms with Gasteiger partial charge in [-0.25, -0.2) is 23.1 Å². The van der Waals surface area contributed by atoms with E-state index in [2.05, 4.69) is 20.6 Å². The molecule has 232 valence electrons. The Labute approximate surface area is 253 Å². The maximum Gasteiger partial charge on any atom is 0.413 e. The van der Waals surface area contributed by atoms with Crippen molar-refractivity contribution in [3.05, 3.63) is 94.7 Å². The lowest BCUT2D eigenvalue weighted by atomic mass is 10.00.